The van der Waals surface area contributed by atoms with Crippen LogP contribution >= 0.6 is 0 Å². The van der Waals surface area contributed by atoms with Gasteiger partial charge >= 0.3 is 10.2 Å². The van der Waals surface area contributed by atoms with Crippen LogP contribution in [-0.2, 0) is 14.9 Å². The molecule has 3 aliphatic rings. The highest BCUT2D eigenvalue weighted by Gasteiger charge is 2.32. The Morgan fingerprint density at radius 3 is 2.38 bits per heavy atom. The van der Waals surface area contributed by atoms with Crippen molar-refractivity contribution in [2.75, 3.05) is 64.9 Å². The number of morpholine rings is 1. The molecule has 0 unspecified atom stereocenters. The van der Waals surface area contributed by atoms with Crippen LogP contribution in [0.4, 0.5) is 10.1 Å². The Morgan fingerprint density at radius 2 is 1.76 bits per heavy atom. The molecule has 0 radical (unpaired) electrons. The summed E-state index contributed by atoms with van der Waals surface area (Å²) in [6, 6.07) is 7.71. The van der Waals surface area contributed by atoms with Crippen LogP contribution in [0.1, 0.15) is 54.2 Å². The van der Waals surface area contributed by atoms with Crippen molar-refractivity contribution in [1.82, 2.24) is 28.7 Å². The first kappa shape index (κ1) is 29.0. The molecule has 0 spiro atoms. The van der Waals surface area contributed by atoms with Gasteiger partial charge in [-0.3, -0.25) is 9.69 Å². The van der Waals surface area contributed by atoms with E-state index in [1.807, 2.05) is 0 Å². The Kier molecular flexibility index (Phi) is 8.18. The summed E-state index contributed by atoms with van der Waals surface area (Å²) in [6.07, 6.45) is 5.15. The van der Waals surface area contributed by atoms with E-state index in [0.29, 0.717) is 17.3 Å². The first-order valence-electron chi connectivity index (χ1n) is 14.7. The number of pyridine rings is 1. The number of amides is 1. The van der Waals surface area contributed by atoms with Crippen molar-refractivity contribution in [1.29, 1.82) is 0 Å². The highest BCUT2D eigenvalue weighted by molar-refractivity contribution is 7.87. The number of rotatable bonds is 8. The smallest absolute Gasteiger partial charge is 0.303 e. The van der Waals surface area contributed by atoms with Crippen molar-refractivity contribution in [3.8, 4) is 5.69 Å². The SMILES string of the molecule is CN(C)S(=O)(=O)NC(=O)c1cc(N2CCC(CN3CCOCC3)CC2)c2c(C3CCC3)nn(-c3ccc(F)cc3)c2n1. The lowest BCUT2D eigenvalue weighted by Gasteiger charge is -2.37. The van der Waals surface area contributed by atoms with E-state index in [4.69, 9.17) is 14.8 Å². The van der Waals surface area contributed by atoms with Crippen LogP contribution < -0.4 is 9.62 Å². The van der Waals surface area contributed by atoms with Gasteiger partial charge in [0.1, 0.15) is 11.5 Å². The number of ether oxygens (including phenoxy) is 1. The fraction of sp³-hybridized carbons (Fsp3) is 0.552. The summed E-state index contributed by atoms with van der Waals surface area (Å²) in [4.78, 5) is 22.8. The van der Waals surface area contributed by atoms with Gasteiger partial charge in [-0.1, -0.05) is 6.42 Å². The van der Waals surface area contributed by atoms with E-state index in [0.717, 1.165) is 99.1 Å². The van der Waals surface area contributed by atoms with Crippen molar-refractivity contribution in [3.05, 3.63) is 47.5 Å². The van der Waals surface area contributed by atoms with E-state index in [1.54, 1.807) is 22.9 Å². The molecule has 2 aliphatic heterocycles. The van der Waals surface area contributed by atoms with Crippen molar-refractivity contribution >= 4 is 32.8 Å². The Morgan fingerprint density at radius 1 is 1.07 bits per heavy atom. The Labute approximate surface area is 245 Å². The highest BCUT2D eigenvalue weighted by atomic mass is 32.2. The molecule has 2 aromatic heterocycles. The number of halogens is 1. The molecule has 13 heteroatoms. The zero-order valence-electron chi connectivity index (χ0n) is 24.1. The van der Waals surface area contributed by atoms with Gasteiger partial charge in [0.05, 0.1) is 35.7 Å². The topological polar surface area (TPSA) is 113 Å². The molecule has 226 valence electrons. The average molecular weight is 600 g/mol. The Balaban J connectivity index is 1.40. The number of benzene rings is 1. The second kappa shape index (κ2) is 11.9. The van der Waals surface area contributed by atoms with E-state index in [1.165, 1.54) is 26.2 Å². The third kappa shape index (κ3) is 5.87. The highest BCUT2D eigenvalue weighted by Crippen LogP contribution is 2.43. The summed E-state index contributed by atoms with van der Waals surface area (Å²) >= 11 is 0. The normalized spacial score (nSPS) is 19.4. The van der Waals surface area contributed by atoms with Gasteiger partial charge in [0.2, 0.25) is 0 Å². The number of nitrogens with one attached hydrogen (secondary N) is 1. The van der Waals surface area contributed by atoms with Crippen molar-refractivity contribution < 1.29 is 22.3 Å². The molecule has 42 heavy (non-hydrogen) atoms. The molecule has 2 saturated heterocycles. The molecular formula is C29H38FN7O4S. The molecule has 6 rings (SSSR count). The maximum atomic E-state index is 13.8. The van der Waals surface area contributed by atoms with Crippen molar-refractivity contribution in [3.63, 3.8) is 0 Å². The van der Waals surface area contributed by atoms with Gasteiger partial charge < -0.3 is 9.64 Å². The zero-order chi connectivity index (χ0) is 29.4. The molecule has 0 bridgehead atoms. The molecule has 1 amide bonds. The van der Waals surface area contributed by atoms with Crippen molar-refractivity contribution in [2.24, 2.45) is 5.92 Å². The van der Waals surface area contributed by atoms with Gasteiger partial charge in [0, 0.05) is 52.7 Å². The summed E-state index contributed by atoms with van der Waals surface area (Å²) in [5, 5.41) is 5.87. The standard InChI is InChI=1S/C29H38FN7O4S/c1-34(2)42(39,40)33-29(38)24-18-25(36-12-10-20(11-13-36)19-35-14-16-41-17-15-35)26-27(21-4-3-5-21)32-37(28(26)31-24)23-8-6-22(30)7-9-23/h6-9,18,20-21H,3-5,10-17,19H2,1-2H3,(H,33,38). The van der Waals surface area contributed by atoms with Crippen LogP contribution in [0.3, 0.4) is 0 Å². The number of carbonyl (C=O) groups is 1. The zero-order valence-corrected chi connectivity index (χ0v) is 24.9. The molecule has 4 heterocycles. The molecule has 11 nitrogen and oxygen atoms in total. The quantitative estimate of drug-likeness (QED) is 0.421. The predicted octanol–water partition coefficient (Wildman–Crippen LogP) is 2.91. The van der Waals surface area contributed by atoms with Crippen LogP contribution in [0.25, 0.3) is 16.7 Å². The Hall–Kier alpha value is -3.13. The van der Waals surface area contributed by atoms with Crippen LogP contribution in [0.15, 0.2) is 30.3 Å². The number of anilines is 1. The number of hydrogen-bond donors (Lipinski definition) is 1. The molecule has 1 aromatic carbocycles. The lowest BCUT2D eigenvalue weighted by atomic mass is 9.81. The number of aromatic nitrogens is 3. The third-order valence-electron chi connectivity index (χ3n) is 8.72. The van der Waals surface area contributed by atoms with E-state index in [-0.39, 0.29) is 17.4 Å². The molecule has 1 aliphatic carbocycles. The van der Waals surface area contributed by atoms with Gasteiger partial charge in [-0.05, 0) is 61.9 Å². The van der Waals surface area contributed by atoms with E-state index >= 15 is 0 Å². The number of piperidine rings is 1. The number of nitrogens with zero attached hydrogens (tertiary/aromatic N) is 6. The van der Waals surface area contributed by atoms with Gasteiger partial charge in [0.25, 0.3) is 5.91 Å². The van der Waals surface area contributed by atoms with Gasteiger partial charge in [-0.2, -0.15) is 17.8 Å². The van der Waals surface area contributed by atoms with E-state index < -0.39 is 16.1 Å². The molecule has 1 saturated carbocycles. The summed E-state index contributed by atoms with van der Waals surface area (Å²) in [5.74, 6) is -0.344. The monoisotopic (exact) mass is 599 g/mol. The minimum absolute atomic E-state index is 0.0122. The first-order chi connectivity index (χ1) is 20.2. The van der Waals surface area contributed by atoms with Crippen LogP contribution in [0.2, 0.25) is 0 Å². The van der Waals surface area contributed by atoms with Crippen LogP contribution in [0, 0.1) is 11.7 Å². The van der Waals surface area contributed by atoms with Gasteiger partial charge in [-0.15, -0.1) is 0 Å². The molecule has 1 N–H and O–H groups in total. The first-order valence-corrected chi connectivity index (χ1v) is 16.1. The molecule has 3 fully saturated rings. The minimum atomic E-state index is -4.03. The maximum Gasteiger partial charge on any atom is 0.303 e. The van der Waals surface area contributed by atoms with Gasteiger partial charge in [-0.25, -0.2) is 18.8 Å². The van der Waals surface area contributed by atoms with E-state index in [2.05, 4.69) is 14.5 Å². The molecule has 0 atom stereocenters. The Bertz CT molecular complexity index is 1540. The fourth-order valence-electron chi connectivity index (χ4n) is 5.98. The summed E-state index contributed by atoms with van der Waals surface area (Å²) in [6.45, 7) is 6.15. The number of hydrogen-bond acceptors (Lipinski definition) is 8. The summed E-state index contributed by atoms with van der Waals surface area (Å²) in [7, 11) is -1.32. The van der Waals surface area contributed by atoms with Crippen LogP contribution in [0.5, 0.6) is 0 Å². The van der Waals surface area contributed by atoms with E-state index in [9.17, 15) is 17.6 Å². The fourth-order valence-corrected chi connectivity index (χ4v) is 6.51. The lowest BCUT2D eigenvalue weighted by molar-refractivity contribution is 0.0289. The molecular weight excluding hydrogens is 561 g/mol. The largest absolute Gasteiger partial charge is 0.379 e. The lowest BCUT2D eigenvalue weighted by Crippen LogP contribution is -2.43. The minimum Gasteiger partial charge on any atom is -0.379 e. The molecule has 3 aromatic rings. The average Bonchev–Trinajstić information content (AvgIpc) is 3.31. The summed E-state index contributed by atoms with van der Waals surface area (Å²) in [5.41, 5.74) is 2.83. The number of carbonyl (C=O) groups excluding carboxylic acids is 1. The van der Waals surface area contributed by atoms with Crippen LogP contribution in [-0.4, -0.2) is 98.3 Å². The second-order valence-corrected chi connectivity index (χ2v) is 13.6. The number of fused-ring (bicyclic) bond motifs is 1. The van der Waals surface area contributed by atoms with Crippen molar-refractivity contribution in [2.45, 2.75) is 38.0 Å². The predicted molar refractivity (Wildman–Crippen MR) is 158 cm³/mol. The third-order valence-corrected chi connectivity index (χ3v) is 10.1. The second-order valence-electron chi connectivity index (χ2n) is 11.7. The summed E-state index contributed by atoms with van der Waals surface area (Å²) < 4.78 is 49.1. The maximum absolute atomic E-state index is 13.8. The van der Waals surface area contributed by atoms with Gasteiger partial charge in [0.15, 0.2) is 5.65 Å².